The third-order valence-electron chi connectivity index (χ3n) is 2.11. The molecule has 14 heavy (non-hydrogen) atoms. The van der Waals surface area contributed by atoms with Crippen LogP contribution in [0.1, 0.15) is 0 Å². The van der Waals surface area contributed by atoms with Crippen molar-refractivity contribution in [3.8, 4) is 11.3 Å². The van der Waals surface area contributed by atoms with Crippen LogP contribution in [-0.4, -0.2) is 21.8 Å². The summed E-state index contributed by atoms with van der Waals surface area (Å²) in [7, 11) is 3.79. The first-order valence-electron chi connectivity index (χ1n) is 4.43. The van der Waals surface area contributed by atoms with Gasteiger partial charge < -0.3 is 5.32 Å². The van der Waals surface area contributed by atoms with Crippen LogP contribution in [0.25, 0.3) is 11.3 Å². The lowest BCUT2D eigenvalue weighted by molar-refractivity contribution is 0.778. The van der Waals surface area contributed by atoms with Crippen LogP contribution in [-0.2, 0) is 7.05 Å². The van der Waals surface area contributed by atoms with Crippen molar-refractivity contribution in [3.05, 3.63) is 30.6 Å². The van der Waals surface area contributed by atoms with Crippen molar-refractivity contribution in [2.45, 2.75) is 0 Å². The molecular formula is C10H12N4. The van der Waals surface area contributed by atoms with E-state index in [2.05, 4.69) is 15.4 Å². The van der Waals surface area contributed by atoms with E-state index in [-0.39, 0.29) is 0 Å². The molecule has 0 atom stereocenters. The molecule has 0 amide bonds. The SMILES string of the molecule is CNc1cc(-c2ccncc2)n(C)n1. The van der Waals surface area contributed by atoms with Crippen LogP contribution in [0.15, 0.2) is 30.6 Å². The molecule has 0 bridgehead atoms. The van der Waals surface area contributed by atoms with Crippen molar-refractivity contribution in [1.29, 1.82) is 0 Å². The van der Waals surface area contributed by atoms with E-state index in [9.17, 15) is 0 Å². The Labute approximate surface area is 82.6 Å². The molecule has 1 N–H and O–H groups in total. The maximum atomic E-state index is 4.29. The number of hydrogen-bond acceptors (Lipinski definition) is 3. The fraction of sp³-hybridized carbons (Fsp3) is 0.200. The Morgan fingerprint density at radius 1 is 1.29 bits per heavy atom. The van der Waals surface area contributed by atoms with Crippen LogP contribution in [0.3, 0.4) is 0 Å². The van der Waals surface area contributed by atoms with Crippen LogP contribution >= 0.6 is 0 Å². The number of pyridine rings is 1. The lowest BCUT2D eigenvalue weighted by Crippen LogP contribution is -1.94. The van der Waals surface area contributed by atoms with Gasteiger partial charge in [-0.3, -0.25) is 9.67 Å². The zero-order valence-electron chi connectivity index (χ0n) is 8.23. The fourth-order valence-corrected chi connectivity index (χ4v) is 1.38. The first-order valence-corrected chi connectivity index (χ1v) is 4.43. The molecule has 0 fully saturated rings. The van der Waals surface area contributed by atoms with Crippen molar-refractivity contribution in [3.63, 3.8) is 0 Å². The van der Waals surface area contributed by atoms with Gasteiger partial charge in [0.05, 0.1) is 5.69 Å². The molecule has 4 nitrogen and oxygen atoms in total. The standard InChI is InChI=1S/C10H12N4/c1-11-10-7-9(14(2)13-10)8-3-5-12-6-4-8/h3-7H,1-2H3,(H,11,13). The minimum absolute atomic E-state index is 0.874. The van der Waals surface area contributed by atoms with Gasteiger partial charge >= 0.3 is 0 Å². The summed E-state index contributed by atoms with van der Waals surface area (Å²) in [5.74, 6) is 0.874. The van der Waals surface area contributed by atoms with Gasteiger partial charge in [-0.2, -0.15) is 5.10 Å². The number of rotatable bonds is 2. The molecule has 0 aliphatic rings. The van der Waals surface area contributed by atoms with Crippen LogP contribution in [0, 0.1) is 0 Å². The predicted octanol–water partition coefficient (Wildman–Crippen LogP) is 1.52. The number of hydrogen-bond donors (Lipinski definition) is 1. The zero-order chi connectivity index (χ0) is 9.97. The van der Waals surface area contributed by atoms with E-state index in [1.165, 1.54) is 0 Å². The number of anilines is 1. The Morgan fingerprint density at radius 3 is 2.57 bits per heavy atom. The highest BCUT2D eigenvalue weighted by atomic mass is 15.3. The van der Waals surface area contributed by atoms with Crippen LogP contribution < -0.4 is 5.32 Å². The second kappa shape index (κ2) is 3.49. The van der Waals surface area contributed by atoms with Crippen molar-refractivity contribution in [2.75, 3.05) is 12.4 Å². The molecule has 0 aliphatic carbocycles. The van der Waals surface area contributed by atoms with Crippen LogP contribution in [0.2, 0.25) is 0 Å². The molecule has 0 aromatic carbocycles. The molecule has 0 aliphatic heterocycles. The topological polar surface area (TPSA) is 42.7 Å². The number of aromatic nitrogens is 3. The third kappa shape index (κ3) is 1.46. The summed E-state index contributed by atoms with van der Waals surface area (Å²) in [4.78, 5) is 3.98. The first-order chi connectivity index (χ1) is 6.81. The maximum Gasteiger partial charge on any atom is 0.148 e. The van der Waals surface area contributed by atoms with Gasteiger partial charge in [0.25, 0.3) is 0 Å². The fourth-order valence-electron chi connectivity index (χ4n) is 1.38. The highest BCUT2D eigenvalue weighted by Crippen LogP contribution is 2.20. The van der Waals surface area contributed by atoms with Gasteiger partial charge in [-0.25, -0.2) is 0 Å². The van der Waals surface area contributed by atoms with E-state index in [0.29, 0.717) is 0 Å². The second-order valence-corrected chi connectivity index (χ2v) is 3.02. The lowest BCUT2D eigenvalue weighted by Gasteiger charge is -1.99. The normalized spacial score (nSPS) is 10.1. The molecule has 2 heterocycles. The average molecular weight is 188 g/mol. The summed E-state index contributed by atoms with van der Waals surface area (Å²) in [5, 5.41) is 7.30. The number of nitrogens with zero attached hydrogens (tertiary/aromatic N) is 3. The van der Waals surface area contributed by atoms with Crippen molar-refractivity contribution < 1.29 is 0 Å². The Kier molecular flexibility index (Phi) is 2.18. The zero-order valence-corrected chi connectivity index (χ0v) is 8.23. The van der Waals surface area contributed by atoms with E-state index < -0.39 is 0 Å². The summed E-state index contributed by atoms with van der Waals surface area (Å²) in [5.41, 5.74) is 2.20. The van der Waals surface area contributed by atoms with Gasteiger partial charge in [0.2, 0.25) is 0 Å². The van der Waals surface area contributed by atoms with Crippen molar-refractivity contribution in [1.82, 2.24) is 14.8 Å². The third-order valence-corrected chi connectivity index (χ3v) is 2.11. The van der Waals surface area contributed by atoms with E-state index >= 15 is 0 Å². The van der Waals surface area contributed by atoms with Crippen LogP contribution in [0.5, 0.6) is 0 Å². The molecule has 4 heteroatoms. The average Bonchev–Trinajstić information content (AvgIpc) is 2.61. The summed E-state index contributed by atoms with van der Waals surface area (Å²) in [6.45, 7) is 0. The molecule has 0 radical (unpaired) electrons. The molecular weight excluding hydrogens is 176 g/mol. The lowest BCUT2D eigenvalue weighted by atomic mass is 10.2. The summed E-state index contributed by atoms with van der Waals surface area (Å²) < 4.78 is 1.85. The predicted molar refractivity (Wildman–Crippen MR) is 56.0 cm³/mol. The molecule has 2 rings (SSSR count). The quantitative estimate of drug-likeness (QED) is 0.777. The molecule has 2 aromatic heterocycles. The smallest absolute Gasteiger partial charge is 0.148 e. The molecule has 0 unspecified atom stereocenters. The Morgan fingerprint density at radius 2 is 2.00 bits per heavy atom. The van der Waals surface area contributed by atoms with Crippen LogP contribution in [0.4, 0.5) is 5.82 Å². The molecule has 0 saturated carbocycles. The van der Waals surface area contributed by atoms with E-state index in [1.807, 2.05) is 37.0 Å². The second-order valence-electron chi connectivity index (χ2n) is 3.02. The van der Waals surface area contributed by atoms with E-state index in [1.54, 1.807) is 12.4 Å². The molecule has 0 spiro atoms. The molecule has 0 saturated heterocycles. The van der Waals surface area contributed by atoms with Gasteiger partial charge in [-0.1, -0.05) is 0 Å². The minimum Gasteiger partial charge on any atom is -0.372 e. The van der Waals surface area contributed by atoms with Gasteiger partial charge in [0.1, 0.15) is 5.82 Å². The summed E-state index contributed by atoms with van der Waals surface area (Å²) in [6, 6.07) is 5.95. The summed E-state index contributed by atoms with van der Waals surface area (Å²) in [6.07, 6.45) is 3.56. The van der Waals surface area contributed by atoms with Crippen molar-refractivity contribution >= 4 is 5.82 Å². The van der Waals surface area contributed by atoms with Gasteiger partial charge in [-0.05, 0) is 12.1 Å². The highest BCUT2D eigenvalue weighted by Gasteiger charge is 2.04. The van der Waals surface area contributed by atoms with Crippen molar-refractivity contribution in [2.24, 2.45) is 7.05 Å². The Balaban J connectivity index is 2.46. The Bertz CT molecular complexity index is 419. The van der Waals surface area contributed by atoms with Gasteiger partial charge in [0, 0.05) is 38.1 Å². The maximum absolute atomic E-state index is 4.29. The largest absolute Gasteiger partial charge is 0.372 e. The first kappa shape index (κ1) is 8.74. The minimum atomic E-state index is 0.874. The van der Waals surface area contributed by atoms with E-state index in [0.717, 1.165) is 17.1 Å². The van der Waals surface area contributed by atoms with Gasteiger partial charge in [0.15, 0.2) is 0 Å². The summed E-state index contributed by atoms with van der Waals surface area (Å²) >= 11 is 0. The molecule has 2 aromatic rings. The Hall–Kier alpha value is -1.84. The highest BCUT2D eigenvalue weighted by molar-refractivity contribution is 5.62. The molecule has 72 valence electrons. The monoisotopic (exact) mass is 188 g/mol. The number of aryl methyl sites for hydroxylation is 1. The van der Waals surface area contributed by atoms with Gasteiger partial charge in [-0.15, -0.1) is 0 Å². The number of nitrogens with one attached hydrogen (secondary N) is 1. The van der Waals surface area contributed by atoms with E-state index in [4.69, 9.17) is 0 Å².